The van der Waals surface area contributed by atoms with Crippen LogP contribution in [-0.2, 0) is 9.84 Å². The third-order valence-corrected chi connectivity index (χ3v) is 8.13. The minimum absolute atomic E-state index is 0.0663. The van der Waals surface area contributed by atoms with Crippen molar-refractivity contribution in [2.45, 2.75) is 11.3 Å². The first-order chi connectivity index (χ1) is 13.5. The van der Waals surface area contributed by atoms with Gasteiger partial charge in [-0.25, -0.2) is 8.42 Å². The molecule has 2 fully saturated rings. The summed E-state index contributed by atoms with van der Waals surface area (Å²) in [7, 11) is -3.09. The van der Waals surface area contributed by atoms with Crippen LogP contribution in [0.1, 0.15) is 10.4 Å². The quantitative estimate of drug-likeness (QED) is 0.743. The van der Waals surface area contributed by atoms with Gasteiger partial charge in [0.2, 0.25) is 6.79 Å². The van der Waals surface area contributed by atoms with E-state index in [0.29, 0.717) is 22.2 Å². The highest BCUT2D eigenvalue weighted by Crippen LogP contribution is 2.41. The SMILES string of the molecule is O=C(N=C1S[C@@H]2CS(=O)(=O)C[C@H]2N1c1ccccc1)c1ccc2c(c1)OCO2. The lowest BCUT2D eigenvalue weighted by Gasteiger charge is -2.24. The summed E-state index contributed by atoms with van der Waals surface area (Å²) < 4.78 is 34.8. The Morgan fingerprint density at radius 3 is 2.68 bits per heavy atom. The fourth-order valence-electron chi connectivity index (χ4n) is 3.64. The number of fused-ring (bicyclic) bond motifs is 2. The first kappa shape index (κ1) is 17.6. The number of aliphatic imine (C=N–C) groups is 1. The van der Waals surface area contributed by atoms with E-state index in [9.17, 15) is 13.2 Å². The molecular weight excluding hydrogens is 400 g/mol. The van der Waals surface area contributed by atoms with Crippen LogP contribution in [0.3, 0.4) is 0 Å². The lowest BCUT2D eigenvalue weighted by atomic mass is 10.2. The molecule has 28 heavy (non-hydrogen) atoms. The molecule has 2 atom stereocenters. The summed E-state index contributed by atoms with van der Waals surface area (Å²) in [6.45, 7) is 0.136. The van der Waals surface area contributed by atoms with Gasteiger partial charge >= 0.3 is 0 Å². The topological polar surface area (TPSA) is 85.3 Å². The van der Waals surface area contributed by atoms with Crippen LogP contribution in [-0.4, -0.2) is 49.1 Å². The number of sulfone groups is 1. The summed E-state index contributed by atoms with van der Waals surface area (Å²) in [6, 6.07) is 14.2. The van der Waals surface area contributed by atoms with E-state index in [0.717, 1.165) is 5.69 Å². The van der Waals surface area contributed by atoms with Gasteiger partial charge < -0.3 is 14.4 Å². The molecule has 0 spiro atoms. The second-order valence-electron chi connectivity index (χ2n) is 6.77. The molecule has 5 rings (SSSR count). The van der Waals surface area contributed by atoms with Gasteiger partial charge in [-0.3, -0.25) is 4.79 Å². The maximum Gasteiger partial charge on any atom is 0.279 e. The van der Waals surface area contributed by atoms with E-state index >= 15 is 0 Å². The molecule has 0 unspecified atom stereocenters. The average molecular weight is 416 g/mol. The Hall–Kier alpha value is -2.52. The molecule has 0 radical (unpaired) electrons. The fourth-order valence-corrected chi connectivity index (χ4v) is 7.55. The van der Waals surface area contributed by atoms with Gasteiger partial charge in [0.1, 0.15) is 0 Å². The molecule has 7 nitrogen and oxygen atoms in total. The predicted molar refractivity (Wildman–Crippen MR) is 107 cm³/mol. The highest BCUT2D eigenvalue weighted by Gasteiger charge is 2.49. The van der Waals surface area contributed by atoms with E-state index in [-0.39, 0.29) is 29.6 Å². The summed E-state index contributed by atoms with van der Waals surface area (Å²) in [5, 5.41) is 0.396. The molecule has 2 aromatic rings. The zero-order valence-electron chi connectivity index (χ0n) is 14.6. The minimum atomic E-state index is -3.09. The van der Waals surface area contributed by atoms with Crippen molar-refractivity contribution in [2.24, 2.45) is 4.99 Å². The van der Waals surface area contributed by atoms with Crippen molar-refractivity contribution in [1.82, 2.24) is 0 Å². The Labute approximate surface area is 166 Å². The fraction of sp³-hybridized carbons (Fsp3) is 0.263. The number of ether oxygens (including phenoxy) is 2. The molecule has 0 N–H and O–H groups in total. The summed E-state index contributed by atoms with van der Waals surface area (Å²) in [5.41, 5.74) is 1.23. The van der Waals surface area contributed by atoms with Gasteiger partial charge in [-0.1, -0.05) is 30.0 Å². The van der Waals surface area contributed by atoms with E-state index in [2.05, 4.69) is 4.99 Å². The lowest BCUT2D eigenvalue weighted by molar-refractivity contribution is 0.100. The van der Waals surface area contributed by atoms with Crippen molar-refractivity contribution in [3.8, 4) is 11.5 Å². The summed E-state index contributed by atoms with van der Waals surface area (Å²) in [6.07, 6.45) is 0. The standard InChI is InChI=1S/C19H16N2O5S2/c22-18(12-6-7-15-16(8-12)26-11-25-15)20-19-21(13-4-2-1-3-5-13)14-9-28(23,24)10-17(14)27-19/h1-8,14,17H,9-11H2/t14-,17-/m1/s1. The Balaban J connectivity index is 1.50. The average Bonchev–Trinajstić information content (AvgIpc) is 3.33. The second kappa shape index (κ2) is 6.52. The number of benzene rings is 2. The van der Waals surface area contributed by atoms with Crippen molar-refractivity contribution in [2.75, 3.05) is 23.2 Å². The van der Waals surface area contributed by atoms with Crippen LogP contribution in [0.25, 0.3) is 0 Å². The normalized spacial score (nSPS) is 25.9. The molecule has 1 amide bonds. The largest absolute Gasteiger partial charge is 0.454 e. The maximum absolute atomic E-state index is 12.8. The van der Waals surface area contributed by atoms with Gasteiger partial charge in [0.25, 0.3) is 5.91 Å². The van der Waals surface area contributed by atoms with Crippen LogP contribution < -0.4 is 14.4 Å². The van der Waals surface area contributed by atoms with Crippen molar-refractivity contribution < 1.29 is 22.7 Å². The number of para-hydroxylation sites is 1. The van der Waals surface area contributed by atoms with Gasteiger partial charge in [0.05, 0.1) is 17.5 Å². The van der Waals surface area contributed by atoms with E-state index < -0.39 is 15.7 Å². The number of anilines is 1. The van der Waals surface area contributed by atoms with Gasteiger partial charge in [-0.15, -0.1) is 0 Å². The Morgan fingerprint density at radius 2 is 1.86 bits per heavy atom. The lowest BCUT2D eigenvalue weighted by Crippen LogP contribution is -2.37. The highest BCUT2D eigenvalue weighted by atomic mass is 32.2. The Kier molecular flexibility index (Phi) is 4.09. The molecule has 2 aromatic carbocycles. The Morgan fingerprint density at radius 1 is 1.07 bits per heavy atom. The van der Waals surface area contributed by atoms with Crippen LogP contribution in [0, 0.1) is 0 Å². The van der Waals surface area contributed by atoms with Crippen molar-refractivity contribution in [3.63, 3.8) is 0 Å². The number of carbonyl (C=O) groups excluding carboxylic acids is 1. The van der Waals surface area contributed by atoms with E-state index in [1.54, 1.807) is 18.2 Å². The third-order valence-electron chi connectivity index (χ3n) is 4.92. The summed E-state index contributed by atoms with van der Waals surface area (Å²) in [5.74, 6) is 0.891. The molecular formula is C19H16N2O5S2. The number of hydrogen-bond donors (Lipinski definition) is 0. The van der Waals surface area contributed by atoms with Gasteiger partial charge in [0, 0.05) is 16.5 Å². The molecule has 3 heterocycles. The molecule has 0 bridgehead atoms. The number of nitrogens with zero attached hydrogens (tertiary/aromatic N) is 2. The van der Waals surface area contributed by atoms with Gasteiger partial charge in [-0.05, 0) is 30.3 Å². The number of hydrogen-bond acceptors (Lipinski definition) is 6. The highest BCUT2D eigenvalue weighted by molar-refractivity contribution is 8.16. The smallest absolute Gasteiger partial charge is 0.279 e. The molecule has 144 valence electrons. The number of amides is 1. The molecule has 0 aromatic heterocycles. The number of thioether (sulfide) groups is 1. The number of rotatable bonds is 2. The molecule has 3 aliphatic rings. The van der Waals surface area contributed by atoms with Crippen LogP contribution in [0.4, 0.5) is 5.69 Å². The van der Waals surface area contributed by atoms with Crippen LogP contribution >= 0.6 is 11.8 Å². The zero-order valence-corrected chi connectivity index (χ0v) is 16.3. The van der Waals surface area contributed by atoms with Crippen molar-refractivity contribution in [3.05, 3.63) is 54.1 Å². The van der Waals surface area contributed by atoms with E-state index in [1.165, 1.54) is 11.8 Å². The van der Waals surface area contributed by atoms with E-state index in [1.807, 2.05) is 35.2 Å². The minimum Gasteiger partial charge on any atom is -0.454 e. The van der Waals surface area contributed by atoms with E-state index in [4.69, 9.17) is 9.47 Å². The first-order valence-electron chi connectivity index (χ1n) is 8.74. The van der Waals surface area contributed by atoms with Crippen molar-refractivity contribution >= 4 is 38.4 Å². The molecule has 2 saturated heterocycles. The second-order valence-corrected chi connectivity index (χ2v) is 10.1. The third kappa shape index (κ3) is 3.04. The summed E-state index contributed by atoms with van der Waals surface area (Å²) in [4.78, 5) is 19.0. The van der Waals surface area contributed by atoms with Gasteiger partial charge in [-0.2, -0.15) is 4.99 Å². The summed E-state index contributed by atoms with van der Waals surface area (Å²) >= 11 is 1.35. The zero-order chi connectivity index (χ0) is 19.3. The van der Waals surface area contributed by atoms with Crippen LogP contribution in [0.15, 0.2) is 53.5 Å². The molecule has 3 aliphatic heterocycles. The van der Waals surface area contributed by atoms with Crippen LogP contribution in [0.5, 0.6) is 11.5 Å². The maximum atomic E-state index is 12.8. The molecule has 0 aliphatic carbocycles. The monoisotopic (exact) mass is 416 g/mol. The number of amidine groups is 1. The van der Waals surface area contributed by atoms with Gasteiger partial charge in [0.15, 0.2) is 26.5 Å². The number of carbonyl (C=O) groups is 1. The molecule has 9 heteroatoms. The van der Waals surface area contributed by atoms with Crippen molar-refractivity contribution in [1.29, 1.82) is 0 Å². The van der Waals surface area contributed by atoms with Crippen LogP contribution in [0.2, 0.25) is 0 Å². The first-order valence-corrected chi connectivity index (χ1v) is 11.4. The molecule has 0 saturated carbocycles. The predicted octanol–water partition coefficient (Wildman–Crippen LogP) is 2.33. The Bertz CT molecular complexity index is 1080.